The van der Waals surface area contributed by atoms with Gasteiger partial charge in [-0.3, -0.25) is 8.98 Å². The van der Waals surface area contributed by atoms with Crippen molar-refractivity contribution < 1.29 is 43.7 Å². The van der Waals surface area contributed by atoms with Crippen LogP contribution in [0.3, 0.4) is 0 Å². The fourth-order valence-corrected chi connectivity index (χ4v) is 3.89. The van der Waals surface area contributed by atoms with Crippen molar-refractivity contribution in [3.8, 4) is 0 Å². The monoisotopic (exact) mass is 486 g/mol. The Morgan fingerprint density at radius 2 is 1.78 bits per heavy atom. The van der Waals surface area contributed by atoms with Crippen molar-refractivity contribution in [1.82, 2.24) is 19.7 Å². The van der Waals surface area contributed by atoms with E-state index in [4.69, 9.17) is 4.18 Å². The number of rotatable bonds is 6. The normalized spacial score (nSPS) is 15.5. The number of halogens is 6. The minimum Gasteiger partial charge on any atom is -0.333 e. The van der Waals surface area contributed by atoms with E-state index in [1.807, 2.05) is 0 Å². The van der Waals surface area contributed by atoms with Crippen LogP contribution in [0.4, 0.5) is 26.3 Å². The first-order chi connectivity index (χ1) is 14.7. The van der Waals surface area contributed by atoms with Crippen LogP contribution in [-0.4, -0.2) is 52.9 Å². The molecule has 1 aromatic carbocycles. The second-order valence-corrected chi connectivity index (χ2v) is 8.69. The first kappa shape index (κ1) is 24.0. The molecule has 2 aromatic rings. The molecule has 0 spiro atoms. The molecule has 1 atom stereocenters. The summed E-state index contributed by atoms with van der Waals surface area (Å²) in [6, 6.07) is 0.801. The number of alkyl halides is 3. The quantitative estimate of drug-likeness (QED) is 0.353. The molecule has 0 bridgehead atoms. The highest BCUT2D eigenvalue weighted by molar-refractivity contribution is 7.86. The summed E-state index contributed by atoms with van der Waals surface area (Å²) in [7, 11) is -4.13. The lowest BCUT2D eigenvalue weighted by Gasteiger charge is -2.29. The molecular formula is C17H16F6N4O4S. The van der Waals surface area contributed by atoms with Crippen molar-refractivity contribution in [2.45, 2.75) is 38.2 Å². The Labute approximate surface area is 177 Å². The van der Waals surface area contributed by atoms with Crippen LogP contribution in [-0.2, 0) is 44.8 Å². The van der Waals surface area contributed by atoms with Gasteiger partial charge in [-0.1, -0.05) is 0 Å². The highest BCUT2D eigenvalue weighted by atomic mass is 32.2. The van der Waals surface area contributed by atoms with Crippen molar-refractivity contribution in [2.75, 3.05) is 12.8 Å². The Kier molecular flexibility index (Phi) is 6.51. The van der Waals surface area contributed by atoms with Crippen LogP contribution in [0.15, 0.2) is 12.1 Å². The fourth-order valence-electron chi connectivity index (χ4n) is 3.26. The summed E-state index contributed by atoms with van der Waals surface area (Å²) in [6.07, 6.45) is -6.70. The van der Waals surface area contributed by atoms with Gasteiger partial charge < -0.3 is 9.47 Å². The average molecular weight is 486 g/mol. The number of carbonyl (C=O) groups is 1. The Morgan fingerprint density at radius 3 is 2.41 bits per heavy atom. The Bertz CT molecular complexity index is 1130. The first-order valence-electron chi connectivity index (χ1n) is 9.03. The van der Waals surface area contributed by atoms with Gasteiger partial charge in [0.15, 0.2) is 17.5 Å². The van der Waals surface area contributed by atoms with Gasteiger partial charge in [-0.15, -0.1) is 10.2 Å². The SMILES string of the molecule is CS(=O)(=O)OC(CC(=O)N1CCn2c(nnc2C(F)(F)F)C1)Cc1cc(F)c(F)cc1F. The Balaban J connectivity index is 1.76. The van der Waals surface area contributed by atoms with E-state index in [1.165, 1.54) is 0 Å². The third-order valence-corrected chi connectivity index (χ3v) is 5.23. The highest BCUT2D eigenvalue weighted by Gasteiger charge is 2.40. The van der Waals surface area contributed by atoms with Crippen LogP contribution >= 0.6 is 0 Å². The average Bonchev–Trinajstić information content (AvgIpc) is 3.08. The van der Waals surface area contributed by atoms with Crippen LogP contribution in [0.25, 0.3) is 0 Å². The van der Waals surface area contributed by atoms with Crippen molar-refractivity contribution in [3.05, 3.63) is 46.8 Å². The third kappa shape index (κ3) is 5.56. The molecule has 8 nitrogen and oxygen atoms in total. The predicted octanol–water partition coefficient (Wildman–Crippen LogP) is 2.03. The molecule has 3 rings (SSSR count). The number of hydrogen-bond donors (Lipinski definition) is 0. The van der Waals surface area contributed by atoms with Gasteiger partial charge in [-0.05, 0) is 11.6 Å². The lowest BCUT2D eigenvalue weighted by molar-refractivity contribution is -0.148. The first-order valence-corrected chi connectivity index (χ1v) is 10.8. The number of hydrogen-bond acceptors (Lipinski definition) is 6. The zero-order valence-electron chi connectivity index (χ0n) is 16.4. The Hall–Kier alpha value is -2.68. The summed E-state index contributed by atoms with van der Waals surface area (Å²) in [5.74, 6) is -6.02. The van der Waals surface area contributed by atoms with Crippen LogP contribution in [0, 0.1) is 17.5 Å². The Morgan fingerprint density at radius 1 is 1.12 bits per heavy atom. The molecule has 0 N–H and O–H groups in total. The van der Waals surface area contributed by atoms with Crippen molar-refractivity contribution in [1.29, 1.82) is 0 Å². The number of aromatic nitrogens is 3. The van der Waals surface area contributed by atoms with Crippen molar-refractivity contribution >= 4 is 16.0 Å². The van der Waals surface area contributed by atoms with Crippen LogP contribution < -0.4 is 0 Å². The van der Waals surface area contributed by atoms with Gasteiger partial charge >= 0.3 is 6.18 Å². The largest absolute Gasteiger partial charge is 0.451 e. The smallest absolute Gasteiger partial charge is 0.333 e. The van der Waals surface area contributed by atoms with E-state index in [0.29, 0.717) is 12.3 Å². The number of nitrogens with zero attached hydrogens (tertiary/aromatic N) is 4. The maximum atomic E-state index is 14.0. The lowest BCUT2D eigenvalue weighted by Crippen LogP contribution is -2.41. The van der Waals surface area contributed by atoms with Crippen LogP contribution in [0.2, 0.25) is 0 Å². The van der Waals surface area contributed by atoms with E-state index in [-0.39, 0.29) is 31.5 Å². The molecule has 1 aromatic heterocycles. The molecule has 2 heterocycles. The van der Waals surface area contributed by atoms with E-state index in [0.717, 1.165) is 9.47 Å². The standard InChI is InChI=1S/C17H16F6N4O4S/c1-32(29,30)31-10(4-9-5-12(19)13(20)7-11(9)18)6-15(28)26-2-3-27-14(8-26)24-25-16(27)17(21,22)23/h5,7,10H,2-4,6,8H2,1H3. The van der Waals surface area contributed by atoms with Crippen LogP contribution in [0.1, 0.15) is 23.6 Å². The molecule has 1 unspecified atom stereocenters. The molecule has 1 aliphatic heterocycles. The number of amides is 1. The maximum Gasteiger partial charge on any atom is 0.451 e. The third-order valence-electron chi connectivity index (χ3n) is 4.61. The van der Waals surface area contributed by atoms with Crippen LogP contribution in [0.5, 0.6) is 0 Å². The van der Waals surface area contributed by atoms with E-state index in [2.05, 4.69) is 10.2 Å². The summed E-state index contributed by atoms with van der Waals surface area (Å²) in [6.45, 7) is -0.733. The summed E-state index contributed by atoms with van der Waals surface area (Å²) < 4.78 is 108. The molecule has 0 saturated heterocycles. The topological polar surface area (TPSA) is 94.4 Å². The minimum absolute atomic E-state index is 0.121. The molecule has 0 fully saturated rings. The molecule has 0 radical (unpaired) electrons. The summed E-state index contributed by atoms with van der Waals surface area (Å²) in [5.41, 5.74) is -0.418. The fraction of sp³-hybridized carbons (Fsp3) is 0.471. The second-order valence-electron chi connectivity index (χ2n) is 7.09. The van der Waals surface area contributed by atoms with Crippen molar-refractivity contribution in [2.24, 2.45) is 0 Å². The molecule has 0 saturated carbocycles. The summed E-state index contributed by atoms with van der Waals surface area (Å²) in [4.78, 5) is 13.8. The van der Waals surface area contributed by atoms with E-state index >= 15 is 0 Å². The molecule has 176 valence electrons. The zero-order valence-corrected chi connectivity index (χ0v) is 17.2. The lowest BCUT2D eigenvalue weighted by atomic mass is 10.0. The van der Waals surface area contributed by atoms with Gasteiger partial charge in [0.1, 0.15) is 5.82 Å². The molecule has 1 amide bonds. The zero-order chi connectivity index (χ0) is 23.8. The molecule has 1 aliphatic rings. The van der Waals surface area contributed by atoms with E-state index in [1.54, 1.807) is 0 Å². The maximum absolute atomic E-state index is 14.0. The number of benzene rings is 1. The number of fused-ring (bicyclic) bond motifs is 1. The molecule has 15 heteroatoms. The summed E-state index contributed by atoms with van der Waals surface area (Å²) >= 11 is 0. The van der Waals surface area contributed by atoms with Crippen molar-refractivity contribution in [3.63, 3.8) is 0 Å². The molecule has 32 heavy (non-hydrogen) atoms. The second kappa shape index (κ2) is 8.69. The van der Waals surface area contributed by atoms with Gasteiger partial charge in [-0.2, -0.15) is 21.6 Å². The van der Waals surface area contributed by atoms with E-state index < -0.39 is 70.0 Å². The highest BCUT2D eigenvalue weighted by Crippen LogP contribution is 2.29. The van der Waals surface area contributed by atoms with Gasteiger partial charge in [-0.25, -0.2) is 13.2 Å². The van der Waals surface area contributed by atoms with Gasteiger partial charge in [0.2, 0.25) is 11.7 Å². The predicted molar refractivity (Wildman–Crippen MR) is 94.8 cm³/mol. The molecule has 0 aliphatic carbocycles. The van der Waals surface area contributed by atoms with Gasteiger partial charge in [0, 0.05) is 25.6 Å². The van der Waals surface area contributed by atoms with Gasteiger partial charge in [0.25, 0.3) is 10.1 Å². The van der Waals surface area contributed by atoms with Gasteiger partial charge in [0.05, 0.1) is 25.3 Å². The minimum atomic E-state index is -4.72. The van der Waals surface area contributed by atoms with E-state index in [9.17, 15) is 39.6 Å². The summed E-state index contributed by atoms with van der Waals surface area (Å²) in [5, 5.41) is 6.53. The number of carbonyl (C=O) groups excluding carboxylic acids is 1. The molecular weight excluding hydrogens is 470 g/mol.